The topological polar surface area (TPSA) is 107 Å². The standard InChI is InChI=1S/C12H14N6O2S/c1-17-6-14-10(16-17)12(20)18-4-2-7-8(3-5-18)21-11(15-7)9(13)19/h6H,2-5H2,1H3,(H2,13,19). The van der Waals surface area contributed by atoms with E-state index in [1.807, 2.05) is 0 Å². The van der Waals surface area contributed by atoms with Gasteiger partial charge in [-0.2, -0.15) is 0 Å². The van der Waals surface area contributed by atoms with Crippen LogP contribution in [0, 0.1) is 0 Å². The summed E-state index contributed by atoms with van der Waals surface area (Å²) in [5.74, 6) is -0.479. The average Bonchev–Trinajstić information content (AvgIpc) is 3.01. The second kappa shape index (κ2) is 5.24. The minimum atomic E-state index is -0.501. The Balaban J connectivity index is 1.74. The Morgan fingerprint density at radius 3 is 2.76 bits per heavy atom. The van der Waals surface area contributed by atoms with E-state index in [2.05, 4.69) is 15.1 Å². The molecule has 2 N–H and O–H groups in total. The number of hydrogen-bond donors (Lipinski definition) is 1. The summed E-state index contributed by atoms with van der Waals surface area (Å²) in [7, 11) is 1.72. The zero-order valence-corrected chi connectivity index (χ0v) is 12.3. The summed E-state index contributed by atoms with van der Waals surface area (Å²) in [6, 6.07) is 0. The lowest BCUT2D eigenvalue weighted by atomic mass is 10.2. The Labute approximate surface area is 124 Å². The van der Waals surface area contributed by atoms with E-state index in [1.165, 1.54) is 22.3 Å². The number of carbonyl (C=O) groups is 2. The molecule has 0 atom stereocenters. The molecular formula is C12H14N6O2S. The number of nitrogens with zero attached hydrogens (tertiary/aromatic N) is 5. The molecule has 110 valence electrons. The fourth-order valence-electron chi connectivity index (χ4n) is 2.25. The minimum Gasteiger partial charge on any atom is -0.364 e. The van der Waals surface area contributed by atoms with Gasteiger partial charge in [-0.25, -0.2) is 9.97 Å². The lowest BCUT2D eigenvalue weighted by Gasteiger charge is -2.18. The van der Waals surface area contributed by atoms with Crippen molar-refractivity contribution in [2.45, 2.75) is 12.8 Å². The molecule has 0 aliphatic carbocycles. The van der Waals surface area contributed by atoms with Crippen LogP contribution in [0.4, 0.5) is 0 Å². The number of rotatable bonds is 2. The van der Waals surface area contributed by atoms with Crippen molar-refractivity contribution in [1.82, 2.24) is 24.6 Å². The maximum absolute atomic E-state index is 12.3. The quantitative estimate of drug-likeness (QED) is 0.813. The first kappa shape index (κ1) is 13.7. The van der Waals surface area contributed by atoms with Crippen molar-refractivity contribution in [3.63, 3.8) is 0 Å². The van der Waals surface area contributed by atoms with Crippen molar-refractivity contribution in [2.75, 3.05) is 13.1 Å². The zero-order valence-electron chi connectivity index (χ0n) is 11.4. The Hall–Kier alpha value is -2.29. The summed E-state index contributed by atoms with van der Waals surface area (Å²) in [5, 5.41) is 4.37. The summed E-state index contributed by atoms with van der Waals surface area (Å²) >= 11 is 1.31. The molecule has 0 radical (unpaired) electrons. The SMILES string of the molecule is Cn1cnc(C(=O)N2CCc3nc(C(N)=O)sc3CC2)n1. The molecule has 0 spiro atoms. The van der Waals surface area contributed by atoms with Crippen LogP contribution in [-0.2, 0) is 19.9 Å². The van der Waals surface area contributed by atoms with Crippen LogP contribution in [0.15, 0.2) is 6.33 Å². The number of aromatic nitrogens is 4. The van der Waals surface area contributed by atoms with Crippen LogP contribution in [0.3, 0.4) is 0 Å². The van der Waals surface area contributed by atoms with E-state index in [0.717, 1.165) is 10.6 Å². The number of nitrogens with two attached hydrogens (primary N) is 1. The molecule has 9 heteroatoms. The molecule has 3 rings (SSSR count). The van der Waals surface area contributed by atoms with E-state index < -0.39 is 5.91 Å². The number of aryl methyl sites for hydroxylation is 1. The van der Waals surface area contributed by atoms with Crippen LogP contribution >= 0.6 is 11.3 Å². The highest BCUT2D eigenvalue weighted by molar-refractivity contribution is 7.13. The fraction of sp³-hybridized carbons (Fsp3) is 0.417. The van der Waals surface area contributed by atoms with Crippen LogP contribution in [0.5, 0.6) is 0 Å². The molecule has 2 aromatic rings. The molecule has 0 saturated carbocycles. The largest absolute Gasteiger partial charge is 0.364 e. The van der Waals surface area contributed by atoms with Gasteiger partial charge in [-0.3, -0.25) is 14.3 Å². The highest BCUT2D eigenvalue weighted by Gasteiger charge is 2.25. The number of primary amides is 1. The van der Waals surface area contributed by atoms with Crippen LogP contribution in [-0.4, -0.2) is 49.6 Å². The molecule has 1 aliphatic heterocycles. The van der Waals surface area contributed by atoms with Crippen molar-refractivity contribution >= 4 is 23.2 Å². The maximum Gasteiger partial charge on any atom is 0.293 e. The van der Waals surface area contributed by atoms with Crippen molar-refractivity contribution < 1.29 is 9.59 Å². The van der Waals surface area contributed by atoms with Crippen molar-refractivity contribution in [3.8, 4) is 0 Å². The van der Waals surface area contributed by atoms with E-state index >= 15 is 0 Å². The van der Waals surface area contributed by atoms with Gasteiger partial charge < -0.3 is 10.6 Å². The highest BCUT2D eigenvalue weighted by atomic mass is 32.1. The minimum absolute atomic E-state index is 0.180. The van der Waals surface area contributed by atoms with Gasteiger partial charge >= 0.3 is 0 Å². The summed E-state index contributed by atoms with van der Waals surface area (Å²) in [6.07, 6.45) is 2.78. The zero-order chi connectivity index (χ0) is 15.0. The van der Waals surface area contributed by atoms with Crippen molar-refractivity contribution in [2.24, 2.45) is 12.8 Å². The van der Waals surface area contributed by atoms with E-state index in [-0.39, 0.29) is 11.7 Å². The molecule has 2 aromatic heterocycles. The Bertz CT molecular complexity index is 681. The van der Waals surface area contributed by atoms with Gasteiger partial charge in [0.25, 0.3) is 11.8 Å². The van der Waals surface area contributed by atoms with Gasteiger partial charge in [-0.05, 0) is 0 Å². The van der Waals surface area contributed by atoms with Crippen LogP contribution < -0.4 is 5.73 Å². The Kier molecular flexibility index (Phi) is 3.42. The Morgan fingerprint density at radius 1 is 1.33 bits per heavy atom. The highest BCUT2D eigenvalue weighted by Crippen LogP contribution is 2.23. The molecule has 21 heavy (non-hydrogen) atoms. The lowest BCUT2D eigenvalue weighted by molar-refractivity contribution is 0.0750. The molecule has 1 aliphatic rings. The van der Waals surface area contributed by atoms with Gasteiger partial charge in [0.05, 0.1) is 5.69 Å². The maximum atomic E-state index is 12.3. The van der Waals surface area contributed by atoms with Crippen LogP contribution in [0.25, 0.3) is 0 Å². The van der Waals surface area contributed by atoms with Gasteiger partial charge in [0.2, 0.25) is 5.82 Å². The van der Waals surface area contributed by atoms with Crippen molar-refractivity contribution in [1.29, 1.82) is 0 Å². The van der Waals surface area contributed by atoms with Crippen LogP contribution in [0.1, 0.15) is 31.0 Å². The van der Waals surface area contributed by atoms with Crippen molar-refractivity contribution in [3.05, 3.63) is 27.7 Å². The van der Waals surface area contributed by atoms with E-state index in [1.54, 1.807) is 11.9 Å². The fourth-order valence-corrected chi connectivity index (χ4v) is 3.20. The van der Waals surface area contributed by atoms with Gasteiger partial charge in [0.15, 0.2) is 5.01 Å². The molecule has 8 nitrogen and oxygen atoms in total. The molecule has 0 saturated heterocycles. The molecule has 0 bridgehead atoms. The second-order valence-corrected chi connectivity index (χ2v) is 5.87. The second-order valence-electron chi connectivity index (χ2n) is 4.79. The predicted molar refractivity (Wildman–Crippen MR) is 74.9 cm³/mol. The number of amides is 2. The molecule has 3 heterocycles. The summed E-state index contributed by atoms with van der Waals surface area (Å²) in [5.41, 5.74) is 6.10. The summed E-state index contributed by atoms with van der Waals surface area (Å²) < 4.78 is 1.50. The van der Waals surface area contributed by atoms with Crippen LogP contribution in [0.2, 0.25) is 0 Å². The van der Waals surface area contributed by atoms with Gasteiger partial charge in [0.1, 0.15) is 6.33 Å². The third kappa shape index (κ3) is 2.64. The number of fused-ring (bicyclic) bond motifs is 1. The number of thiazole rings is 1. The van der Waals surface area contributed by atoms with Gasteiger partial charge in [-0.1, -0.05) is 0 Å². The normalized spacial score (nSPS) is 14.6. The van der Waals surface area contributed by atoms with Gasteiger partial charge in [-0.15, -0.1) is 16.4 Å². The van der Waals surface area contributed by atoms with Gasteiger partial charge in [0, 0.05) is 37.9 Å². The molecule has 0 unspecified atom stereocenters. The first-order valence-electron chi connectivity index (χ1n) is 6.48. The summed E-state index contributed by atoms with van der Waals surface area (Å²) in [6.45, 7) is 1.09. The first-order valence-corrected chi connectivity index (χ1v) is 7.29. The molecule has 0 fully saturated rings. The number of carbonyl (C=O) groups excluding carboxylic acids is 2. The number of hydrogen-bond acceptors (Lipinski definition) is 6. The third-order valence-electron chi connectivity index (χ3n) is 3.29. The van der Waals surface area contributed by atoms with E-state index in [4.69, 9.17) is 5.73 Å². The smallest absolute Gasteiger partial charge is 0.293 e. The average molecular weight is 306 g/mol. The first-order chi connectivity index (χ1) is 10.0. The molecule has 0 aromatic carbocycles. The van der Waals surface area contributed by atoms with E-state index in [9.17, 15) is 9.59 Å². The Morgan fingerprint density at radius 2 is 2.10 bits per heavy atom. The predicted octanol–water partition coefficient (Wildman–Crippen LogP) is -0.389. The third-order valence-corrected chi connectivity index (χ3v) is 4.47. The monoisotopic (exact) mass is 306 g/mol. The summed E-state index contributed by atoms with van der Waals surface area (Å²) in [4.78, 5) is 34.4. The van der Waals surface area contributed by atoms with E-state index in [0.29, 0.717) is 30.9 Å². The molecule has 2 amide bonds. The lowest BCUT2D eigenvalue weighted by Crippen LogP contribution is -2.34. The molecular weight excluding hydrogens is 292 g/mol.